The Balaban J connectivity index is 1.86. The summed E-state index contributed by atoms with van der Waals surface area (Å²) in [5.41, 5.74) is -1.19. The highest BCUT2D eigenvalue weighted by molar-refractivity contribution is 6.22. The number of hydrogen-bond acceptors (Lipinski definition) is 8. The van der Waals surface area contributed by atoms with E-state index in [0.717, 1.165) is 19.6 Å². The maximum Gasteiger partial charge on any atom is 0.454 e. The standard InChI is InChI=1S/C20H20N8O5/c1-24-14-13(17(31)27(4)19(24)32)28(10-11-8-6-5-7-9-11)18(21-14)23-22-12-15(29)25(2)20(33)26(3)16(12)30/h5-9,13H,10H2,1-4H3/p+1. The van der Waals surface area contributed by atoms with Crippen molar-refractivity contribution in [2.24, 2.45) is 29.3 Å². The summed E-state index contributed by atoms with van der Waals surface area (Å²) in [7, 11) is 5.40. The van der Waals surface area contributed by atoms with Crippen LogP contribution < -0.4 is 11.2 Å². The molecule has 13 nitrogen and oxygen atoms in total. The molecule has 0 bridgehead atoms. The van der Waals surface area contributed by atoms with Crippen LogP contribution in [0.1, 0.15) is 5.56 Å². The number of rotatable bonds is 3. The summed E-state index contributed by atoms with van der Waals surface area (Å²) in [5.74, 6) is -1.00. The fourth-order valence-corrected chi connectivity index (χ4v) is 3.61. The second kappa shape index (κ2) is 7.93. The van der Waals surface area contributed by atoms with E-state index in [1.54, 1.807) is 4.58 Å². The molecule has 0 spiro atoms. The molecule has 1 unspecified atom stereocenters. The normalized spacial score (nSPS) is 18.4. The number of aliphatic imine (C=N–C) groups is 1. The zero-order valence-electron chi connectivity index (χ0n) is 18.3. The minimum atomic E-state index is -0.927. The van der Waals surface area contributed by atoms with Gasteiger partial charge in [0.05, 0.1) is 6.54 Å². The number of imide groups is 1. The third-order valence-electron chi connectivity index (χ3n) is 5.56. The molecule has 0 radical (unpaired) electrons. The molecule has 1 N–H and O–H groups in total. The van der Waals surface area contributed by atoms with Gasteiger partial charge in [-0.05, 0) is 10.6 Å². The average Bonchev–Trinajstić information content (AvgIpc) is 3.17. The summed E-state index contributed by atoms with van der Waals surface area (Å²) in [5, 5.41) is 18.1. The molecule has 1 aromatic heterocycles. The zero-order valence-corrected chi connectivity index (χ0v) is 18.3. The third kappa shape index (κ3) is 3.43. The molecule has 3 amide bonds. The van der Waals surface area contributed by atoms with E-state index in [1.807, 2.05) is 30.3 Å². The number of guanidine groups is 1. The number of fused-ring (bicyclic) bond motifs is 1. The molecule has 1 atom stereocenters. The largest absolute Gasteiger partial charge is 0.493 e. The number of amidine groups is 1. The fourth-order valence-electron chi connectivity index (χ4n) is 3.61. The highest BCUT2D eigenvalue weighted by Gasteiger charge is 2.51. The van der Waals surface area contributed by atoms with Crippen LogP contribution in [0.15, 0.2) is 55.1 Å². The summed E-state index contributed by atoms with van der Waals surface area (Å²) in [6.45, 7) is 0.214. The van der Waals surface area contributed by atoms with E-state index < -0.39 is 40.8 Å². The molecule has 170 valence electrons. The Morgan fingerprint density at radius 2 is 1.64 bits per heavy atom. The molecule has 3 heterocycles. The van der Waals surface area contributed by atoms with Crippen molar-refractivity contribution in [3.8, 4) is 5.88 Å². The van der Waals surface area contributed by atoms with Crippen LogP contribution in [0.4, 0.5) is 10.5 Å². The minimum absolute atomic E-state index is 0.0301. The molecule has 2 aliphatic rings. The maximum absolute atomic E-state index is 13.0. The summed E-state index contributed by atoms with van der Waals surface area (Å²) in [4.78, 5) is 56.3. The van der Waals surface area contributed by atoms with E-state index in [0.29, 0.717) is 0 Å². The highest BCUT2D eigenvalue weighted by Crippen LogP contribution is 2.23. The number of carbonyl (C=O) groups excluding carboxylic acids is 2. The Labute approximate surface area is 186 Å². The van der Waals surface area contributed by atoms with Crippen molar-refractivity contribution in [2.75, 3.05) is 14.1 Å². The van der Waals surface area contributed by atoms with Crippen molar-refractivity contribution < 1.29 is 19.3 Å². The van der Waals surface area contributed by atoms with Gasteiger partial charge < -0.3 is 5.11 Å². The van der Waals surface area contributed by atoms with Crippen LogP contribution in [-0.4, -0.2) is 72.5 Å². The van der Waals surface area contributed by atoms with Gasteiger partial charge >= 0.3 is 17.7 Å². The number of benzene rings is 1. The number of hydrogen-bond donors (Lipinski definition) is 1. The van der Waals surface area contributed by atoms with Crippen LogP contribution in [0.25, 0.3) is 0 Å². The van der Waals surface area contributed by atoms with Crippen molar-refractivity contribution in [2.45, 2.75) is 12.6 Å². The second-order valence-electron chi connectivity index (χ2n) is 7.60. The number of amides is 3. The predicted octanol–water partition coefficient (Wildman–Crippen LogP) is -0.253. The first-order valence-corrected chi connectivity index (χ1v) is 9.85. The van der Waals surface area contributed by atoms with Gasteiger partial charge in [-0.25, -0.2) is 14.2 Å². The number of likely N-dealkylation sites (N-methyl/N-ethyl adjacent to an activating group) is 2. The number of nitrogens with zero attached hydrogens (tertiary/aromatic N) is 8. The van der Waals surface area contributed by atoms with Crippen LogP contribution in [0.3, 0.4) is 0 Å². The first-order chi connectivity index (χ1) is 15.6. The molecule has 2 aliphatic heterocycles. The molecular formula is C20H21N8O5+. The number of aromatic nitrogens is 2. The molecule has 2 aromatic rings. The minimum Gasteiger partial charge on any atom is -0.493 e. The molecule has 1 fully saturated rings. The zero-order chi connectivity index (χ0) is 24.0. The van der Waals surface area contributed by atoms with Gasteiger partial charge in [-0.1, -0.05) is 35.4 Å². The topological polar surface area (TPSA) is 145 Å². The number of urea groups is 1. The second-order valence-corrected chi connectivity index (χ2v) is 7.60. The van der Waals surface area contributed by atoms with Gasteiger partial charge in [0, 0.05) is 33.3 Å². The lowest BCUT2D eigenvalue weighted by Gasteiger charge is -2.31. The number of aromatic hydroxyl groups is 1. The first-order valence-electron chi connectivity index (χ1n) is 9.85. The molecule has 4 rings (SSSR count). The summed E-state index contributed by atoms with van der Waals surface area (Å²) in [6, 6.07) is 7.77. The Hall–Kier alpha value is -4.42. The maximum atomic E-state index is 13.0. The monoisotopic (exact) mass is 453 g/mol. The van der Waals surface area contributed by atoms with E-state index in [4.69, 9.17) is 0 Å². The van der Waals surface area contributed by atoms with Crippen molar-refractivity contribution >= 4 is 29.4 Å². The van der Waals surface area contributed by atoms with Gasteiger partial charge in [0.15, 0.2) is 0 Å². The van der Waals surface area contributed by atoms with E-state index in [-0.39, 0.29) is 18.3 Å². The molecule has 0 aliphatic carbocycles. The van der Waals surface area contributed by atoms with Crippen LogP contribution in [0.2, 0.25) is 0 Å². The molecule has 13 heteroatoms. The lowest BCUT2D eigenvalue weighted by molar-refractivity contribution is -0.552. The van der Waals surface area contributed by atoms with Crippen molar-refractivity contribution in [3.63, 3.8) is 0 Å². The van der Waals surface area contributed by atoms with Gasteiger partial charge in [0.2, 0.25) is 23.4 Å². The van der Waals surface area contributed by atoms with Gasteiger partial charge in [0.25, 0.3) is 11.5 Å². The Morgan fingerprint density at radius 3 is 2.30 bits per heavy atom. The van der Waals surface area contributed by atoms with Gasteiger partial charge in [-0.2, -0.15) is 0 Å². The Morgan fingerprint density at radius 1 is 0.970 bits per heavy atom. The number of azo groups is 1. The van der Waals surface area contributed by atoms with E-state index in [9.17, 15) is 24.3 Å². The molecule has 1 aromatic carbocycles. The number of carbonyl (C=O) groups is 2. The first kappa shape index (κ1) is 21.8. The van der Waals surface area contributed by atoms with Gasteiger partial charge in [-0.15, -0.1) is 0 Å². The van der Waals surface area contributed by atoms with E-state index >= 15 is 0 Å². The Kier molecular flexibility index (Phi) is 5.24. The molecule has 1 saturated heterocycles. The molecule has 33 heavy (non-hydrogen) atoms. The SMILES string of the molecule is CN1C(=O)C2C(=NC(N=Nc3c(O)n(C)c(=O)n(C)c3=O)=[N+]2Cc2ccccc2)N(C)C1=O. The predicted molar refractivity (Wildman–Crippen MR) is 116 cm³/mol. The van der Waals surface area contributed by atoms with Crippen LogP contribution in [0, 0.1) is 0 Å². The smallest absolute Gasteiger partial charge is 0.454 e. The molecule has 0 saturated carbocycles. The van der Waals surface area contributed by atoms with Crippen molar-refractivity contribution in [1.29, 1.82) is 0 Å². The average molecular weight is 453 g/mol. The summed E-state index contributed by atoms with van der Waals surface area (Å²) >= 11 is 0. The van der Waals surface area contributed by atoms with E-state index in [1.165, 1.54) is 33.1 Å². The van der Waals surface area contributed by atoms with E-state index in [2.05, 4.69) is 15.2 Å². The van der Waals surface area contributed by atoms with Crippen LogP contribution in [-0.2, 0) is 25.4 Å². The van der Waals surface area contributed by atoms with Gasteiger partial charge in [0.1, 0.15) is 0 Å². The third-order valence-corrected chi connectivity index (χ3v) is 5.56. The van der Waals surface area contributed by atoms with Gasteiger partial charge in [-0.3, -0.25) is 28.5 Å². The summed E-state index contributed by atoms with van der Waals surface area (Å²) in [6.07, 6.45) is 0. The van der Waals surface area contributed by atoms with Crippen molar-refractivity contribution in [3.05, 3.63) is 56.7 Å². The van der Waals surface area contributed by atoms with Crippen LogP contribution >= 0.6 is 0 Å². The Bertz CT molecular complexity index is 1390. The van der Waals surface area contributed by atoms with Crippen molar-refractivity contribution in [1.82, 2.24) is 18.9 Å². The highest BCUT2D eigenvalue weighted by atomic mass is 16.3. The molecular weight excluding hydrogens is 432 g/mol. The quantitative estimate of drug-likeness (QED) is 0.503. The fraction of sp³-hybridized carbons (Fsp3) is 0.300. The summed E-state index contributed by atoms with van der Waals surface area (Å²) < 4.78 is 3.19. The lowest BCUT2D eigenvalue weighted by atomic mass is 10.1. The van der Waals surface area contributed by atoms with Crippen LogP contribution in [0.5, 0.6) is 5.88 Å². The lowest BCUT2D eigenvalue weighted by Crippen LogP contribution is -2.61.